The summed E-state index contributed by atoms with van der Waals surface area (Å²) in [5.74, 6) is 1.24. The standard InChI is InChI=1S/C8H12O2/c1-3-5-7(6-4-2)8(9)10/h1,7H,4-6H2,2H3,(H,9,10)/t7-/m1/s1. The first-order valence-electron chi connectivity index (χ1n) is 3.38. The lowest BCUT2D eigenvalue weighted by Crippen LogP contribution is -2.12. The van der Waals surface area contributed by atoms with Crippen molar-refractivity contribution in [3.63, 3.8) is 0 Å². The van der Waals surface area contributed by atoms with Gasteiger partial charge in [-0.1, -0.05) is 13.3 Å². The lowest BCUT2D eigenvalue weighted by Gasteiger charge is -2.04. The summed E-state index contributed by atoms with van der Waals surface area (Å²) in [6, 6.07) is 0. The zero-order valence-corrected chi connectivity index (χ0v) is 6.13. The topological polar surface area (TPSA) is 37.3 Å². The molecular weight excluding hydrogens is 128 g/mol. The van der Waals surface area contributed by atoms with E-state index in [1.165, 1.54) is 0 Å². The van der Waals surface area contributed by atoms with Crippen molar-refractivity contribution in [2.24, 2.45) is 5.92 Å². The van der Waals surface area contributed by atoms with Crippen LogP contribution >= 0.6 is 0 Å². The van der Waals surface area contributed by atoms with E-state index in [0.717, 1.165) is 6.42 Å². The van der Waals surface area contributed by atoms with Gasteiger partial charge in [0, 0.05) is 6.42 Å². The van der Waals surface area contributed by atoms with Gasteiger partial charge in [0.25, 0.3) is 0 Å². The summed E-state index contributed by atoms with van der Waals surface area (Å²) in [7, 11) is 0. The Morgan fingerprint density at radius 2 is 2.40 bits per heavy atom. The zero-order valence-electron chi connectivity index (χ0n) is 6.13. The average molecular weight is 140 g/mol. The van der Waals surface area contributed by atoms with Gasteiger partial charge in [-0.3, -0.25) is 4.79 Å². The molecule has 0 unspecified atom stereocenters. The van der Waals surface area contributed by atoms with Crippen molar-refractivity contribution in [1.82, 2.24) is 0 Å². The summed E-state index contributed by atoms with van der Waals surface area (Å²) in [6.45, 7) is 1.95. The highest BCUT2D eigenvalue weighted by atomic mass is 16.4. The van der Waals surface area contributed by atoms with Gasteiger partial charge in [0.05, 0.1) is 5.92 Å². The van der Waals surface area contributed by atoms with Crippen LogP contribution in [0.4, 0.5) is 0 Å². The Morgan fingerprint density at radius 3 is 2.70 bits per heavy atom. The smallest absolute Gasteiger partial charge is 0.307 e. The van der Waals surface area contributed by atoms with Crippen LogP contribution in [0.25, 0.3) is 0 Å². The zero-order chi connectivity index (χ0) is 7.98. The fraction of sp³-hybridized carbons (Fsp3) is 0.625. The molecule has 0 rings (SSSR count). The molecular formula is C8H12O2. The average Bonchev–Trinajstić information content (AvgIpc) is 1.87. The molecule has 0 aromatic carbocycles. The molecule has 0 aromatic rings. The highest BCUT2D eigenvalue weighted by Gasteiger charge is 2.13. The third-order valence-corrected chi connectivity index (χ3v) is 1.35. The van der Waals surface area contributed by atoms with Gasteiger partial charge in [0.15, 0.2) is 0 Å². The summed E-state index contributed by atoms with van der Waals surface area (Å²) in [5.41, 5.74) is 0. The molecule has 0 aromatic heterocycles. The van der Waals surface area contributed by atoms with Crippen LogP contribution in [0.2, 0.25) is 0 Å². The molecule has 1 N–H and O–H groups in total. The maximum absolute atomic E-state index is 10.4. The third-order valence-electron chi connectivity index (χ3n) is 1.35. The molecule has 2 heteroatoms. The van der Waals surface area contributed by atoms with E-state index in [0.29, 0.717) is 12.8 Å². The number of hydrogen-bond acceptors (Lipinski definition) is 1. The first kappa shape index (κ1) is 9.03. The summed E-state index contributed by atoms with van der Waals surface area (Å²) >= 11 is 0. The Hall–Kier alpha value is -0.970. The van der Waals surface area contributed by atoms with Gasteiger partial charge in [0.2, 0.25) is 0 Å². The van der Waals surface area contributed by atoms with Crippen LogP contribution in [-0.4, -0.2) is 11.1 Å². The molecule has 0 saturated heterocycles. The number of carboxylic acid groups (broad SMARTS) is 1. The SMILES string of the molecule is C#CC[C@H](CCC)C(=O)O. The largest absolute Gasteiger partial charge is 0.481 e. The van der Waals surface area contributed by atoms with Gasteiger partial charge in [-0.05, 0) is 6.42 Å². The van der Waals surface area contributed by atoms with E-state index in [1.807, 2.05) is 6.92 Å². The molecule has 2 nitrogen and oxygen atoms in total. The highest BCUT2D eigenvalue weighted by molar-refractivity contribution is 5.70. The Balaban J connectivity index is 3.75. The van der Waals surface area contributed by atoms with Gasteiger partial charge in [-0.25, -0.2) is 0 Å². The molecule has 0 spiro atoms. The lowest BCUT2D eigenvalue weighted by molar-refractivity contribution is -0.141. The molecule has 0 heterocycles. The summed E-state index contributed by atoms with van der Waals surface area (Å²) in [5, 5.41) is 8.54. The van der Waals surface area contributed by atoms with E-state index in [2.05, 4.69) is 5.92 Å². The summed E-state index contributed by atoms with van der Waals surface area (Å²) in [6.07, 6.45) is 6.89. The molecule has 1 atom stereocenters. The van der Waals surface area contributed by atoms with Gasteiger partial charge in [0.1, 0.15) is 0 Å². The van der Waals surface area contributed by atoms with Crippen LogP contribution in [-0.2, 0) is 4.79 Å². The van der Waals surface area contributed by atoms with E-state index in [4.69, 9.17) is 11.5 Å². The maximum atomic E-state index is 10.4. The predicted octanol–water partition coefficient (Wildman–Crippen LogP) is 1.51. The molecule has 0 aliphatic heterocycles. The van der Waals surface area contributed by atoms with Crippen molar-refractivity contribution in [3.8, 4) is 12.3 Å². The number of hydrogen-bond donors (Lipinski definition) is 1. The summed E-state index contributed by atoms with van der Waals surface area (Å²) in [4.78, 5) is 10.4. The minimum absolute atomic E-state index is 0.338. The van der Waals surface area contributed by atoms with Gasteiger partial charge < -0.3 is 5.11 Å². The molecule has 10 heavy (non-hydrogen) atoms. The number of aliphatic carboxylic acids is 1. The molecule has 0 amide bonds. The first-order valence-corrected chi connectivity index (χ1v) is 3.38. The first-order chi connectivity index (χ1) is 4.72. The minimum atomic E-state index is -0.778. The number of terminal acetylenes is 1. The van der Waals surface area contributed by atoms with E-state index in [9.17, 15) is 4.79 Å². The Labute approximate surface area is 61.2 Å². The maximum Gasteiger partial charge on any atom is 0.307 e. The van der Waals surface area contributed by atoms with Crippen LogP contribution in [0.3, 0.4) is 0 Å². The van der Waals surface area contributed by atoms with E-state index < -0.39 is 5.97 Å². The van der Waals surface area contributed by atoms with Gasteiger partial charge >= 0.3 is 5.97 Å². The summed E-state index contributed by atoms with van der Waals surface area (Å²) < 4.78 is 0. The fourth-order valence-corrected chi connectivity index (χ4v) is 0.804. The van der Waals surface area contributed by atoms with Crippen LogP contribution in [0.15, 0.2) is 0 Å². The van der Waals surface area contributed by atoms with Crippen molar-refractivity contribution in [3.05, 3.63) is 0 Å². The van der Waals surface area contributed by atoms with Gasteiger partial charge in [-0.2, -0.15) is 0 Å². The van der Waals surface area contributed by atoms with Crippen molar-refractivity contribution in [1.29, 1.82) is 0 Å². The minimum Gasteiger partial charge on any atom is -0.481 e. The Kier molecular flexibility index (Phi) is 4.39. The Morgan fingerprint density at radius 1 is 1.80 bits per heavy atom. The fourth-order valence-electron chi connectivity index (χ4n) is 0.804. The second-order valence-electron chi connectivity index (χ2n) is 2.23. The second-order valence-corrected chi connectivity index (χ2v) is 2.23. The number of carbonyl (C=O) groups is 1. The molecule has 0 saturated carbocycles. The van der Waals surface area contributed by atoms with Gasteiger partial charge in [-0.15, -0.1) is 12.3 Å². The van der Waals surface area contributed by atoms with Crippen LogP contribution in [0, 0.1) is 18.3 Å². The van der Waals surface area contributed by atoms with Crippen molar-refractivity contribution in [2.75, 3.05) is 0 Å². The molecule has 0 bridgehead atoms. The van der Waals surface area contributed by atoms with Crippen molar-refractivity contribution in [2.45, 2.75) is 26.2 Å². The number of carboxylic acids is 1. The molecule has 0 aliphatic carbocycles. The lowest BCUT2D eigenvalue weighted by atomic mass is 10.0. The molecule has 0 aliphatic rings. The third kappa shape index (κ3) is 3.13. The van der Waals surface area contributed by atoms with Crippen LogP contribution in [0.5, 0.6) is 0 Å². The molecule has 56 valence electrons. The number of rotatable bonds is 4. The molecule has 0 radical (unpaired) electrons. The molecule has 0 fully saturated rings. The Bertz CT molecular complexity index is 144. The highest BCUT2D eigenvalue weighted by Crippen LogP contribution is 2.09. The van der Waals surface area contributed by atoms with E-state index in [-0.39, 0.29) is 5.92 Å². The quantitative estimate of drug-likeness (QED) is 0.601. The van der Waals surface area contributed by atoms with E-state index >= 15 is 0 Å². The van der Waals surface area contributed by atoms with Crippen molar-refractivity contribution >= 4 is 5.97 Å². The second kappa shape index (κ2) is 4.87. The van der Waals surface area contributed by atoms with Crippen LogP contribution in [0.1, 0.15) is 26.2 Å². The van der Waals surface area contributed by atoms with E-state index in [1.54, 1.807) is 0 Å². The predicted molar refractivity (Wildman–Crippen MR) is 39.5 cm³/mol. The van der Waals surface area contributed by atoms with Crippen LogP contribution < -0.4 is 0 Å². The van der Waals surface area contributed by atoms with Crippen molar-refractivity contribution < 1.29 is 9.90 Å². The monoisotopic (exact) mass is 140 g/mol. The normalized spacial score (nSPS) is 12.0.